The van der Waals surface area contributed by atoms with Crippen LogP contribution in [0.3, 0.4) is 0 Å². The number of rotatable bonds is 9. The fourth-order valence-corrected chi connectivity index (χ4v) is 5.03. The number of nitrogens with one attached hydrogen (secondary N) is 1. The second-order valence-corrected chi connectivity index (χ2v) is 10.2. The molecule has 0 saturated heterocycles. The normalized spacial score (nSPS) is 16.7. The molecule has 3 heterocycles. The monoisotopic (exact) mass is 653 g/mol. The van der Waals surface area contributed by atoms with Crippen LogP contribution in [0.5, 0.6) is 5.88 Å². The van der Waals surface area contributed by atoms with Crippen molar-refractivity contribution in [2.75, 3.05) is 23.9 Å². The van der Waals surface area contributed by atoms with Crippen LogP contribution in [-0.4, -0.2) is 51.9 Å². The first-order valence-electron chi connectivity index (χ1n) is 14.0. The fraction of sp³-hybridized carbons (Fsp3) is 0.367. The minimum absolute atomic E-state index is 0.0211. The van der Waals surface area contributed by atoms with Crippen LogP contribution < -0.4 is 15.0 Å². The molecule has 0 fully saturated rings. The van der Waals surface area contributed by atoms with Crippen molar-refractivity contribution in [1.29, 1.82) is 0 Å². The number of halogens is 6. The van der Waals surface area contributed by atoms with Gasteiger partial charge in [0.1, 0.15) is 0 Å². The van der Waals surface area contributed by atoms with Gasteiger partial charge in [0.2, 0.25) is 11.8 Å². The molecule has 1 amide bonds. The summed E-state index contributed by atoms with van der Waals surface area (Å²) in [6.45, 7) is 3.69. The van der Waals surface area contributed by atoms with Gasteiger partial charge in [-0.2, -0.15) is 26.3 Å². The Morgan fingerprint density at radius 1 is 1.07 bits per heavy atom. The van der Waals surface area contributed by atoms with Crippen LogP contribution in [0.4, 0.5) is 42.8 Å². The number of methoxy groups -OCH3 is 1. The summed E-state index contributed by atoms with van der Waals surface area (Å²) in [5, 5.41) is 12.2. The summed E-state index contributed by atoms with van der Waals surface area (Å²) < 4.78 is 91.6. The van der Waals surface area contributed by atoms with Crippen LogP contribution >= 0.6 is 0 Å². The summed E-state index contributed by atoms with van der Waals surface area (Å²) in [5.74, 6) is -1.17. The number of hydrogen-bond donors (Lipinski definition) is 2. The Bertz CT molecular complexity index is 1600. The Morgan fingerprint density at radius 3 is 2.30 bits per heavy atom. The third-order valence-corrected chi connectivity index (χ3v) is 7.11. The first-order chi connectivity index (χ1) is 21.6. The summed E-state index contributed by atoms with van der Waals surface area (Å²) in [4.78, 5) is 38.7. The van der Waals surface area contributed by atoms with Gasteiger partial charge in [0, 0.05) is 36.4 Å². The van der Waals surface area contributed by atoms with Gasteiger partial charge in [-0.15, -0.1) is 0 Å². The number of aliphatic carboxylic acids is 1. The van der Waals surface area contributed by atoms with Gasteiger partial charge in [0.15, 0.2) is 0 Å². The van der Waals surface area contributed by atoms with Crippen molar-refractivity contribution >= 4 is 29.8 Å². The molecule has 3 aromatic rings. The number of carboxylic acids is 1. The smallest absolute Gasteiger partial charge is 0.416 e. The number of amides is 1. The predicted molar refractivity (Wildman–Crippen MR) is 153 cm³/mol. The van der Waals surface area contributed by atoms with E-state index in [2.05, 4.69) is 20.3 Å². The number of ether oxygens (including phenoxy) is 2. The zero-order valence-electron chi connectivity index (χ0n) is 24.7. The second kappa shape index (κ2) is 13.6. The molecule has 2 aromatic heterocycles. The maximum atomic E-state index is 13.5. The number of nitrogens with zero attached hydrogens (tertiary/aromatic N) is 4. The summed E-state index contributed by atoms with van der Waals surface area (Å²) in [6, 6.07) is 3.42. The van der Waals surface area contributed by atoms with Gasteiger partial charge < -0.3 is 19.9 Å². The highest BCUT2D eigenvalue weighted by atomic mass is 19.4. The Balaban J connectivity index is 1.78. The van der Waals surface area contributed by atoms with Gasteiger partial charge in [0.05, 0.1) is 48.0 Å². The highest BCUT2D eigenvalue weighted by molar-refractivity contribution is 5.90. The molecule has 46 heavy (non-hydrogen) atoms. The van der Waals surface area contributed by atoms with Crippen molar-refractivity contribution in [3.8, 4) is 5.88 Å². The van der Waals surface area contributed by atoms with Crippen LogP contribution in [0.15, 0.2) is 42.6 Å². The third kappa shape index (κ3) is 7.84. The molecular formula is C30H29F6N5O5. The van der Waals surface area contributed by atoms with Crippen LogP contribution in [0.25, 0.3) is 6.08 Å². The first-order valence-corrected chi connectivity index (χ1v) is 14.0. The van der Waals surface area contributed by atoms with Crippen molar-refractivity contribution in [3.63, 3.8) is 0 Å². The lowest BCUT2D eigenvalue weighted by atomic mass is 9.93. The van der Waals surface area contributed by atoms with Crippen LogP contribution in [0.2, 0.25) is 0 Å². The highest BCUT2D eigenvalue weighted by Gasteiger charge is 2.39. The van der Waals surface area contributed by atoms with Gasteiger partial charge in [-0.25, -0.2) is 24.5 Å². The largest absolute Gasteiger partial charge is 0.481 e. The fourth-order valence-electron chi connectivity index (χ4n) is 5.03. The van der Waals surface area contributed by atoms with E-state index in [-0.39, 0.29) is 47.4 Å². The van der Waals surface area contributed by atoms with E-state index in [9.17, 15) is 35.9 Å². The molecule has 1 aromatic carbocycles. The molecule has 0 saturated carbocycles. The maximum absolute atomic E-state index is 13.5. The van der Waals surface area contributed by atoms with E-state index in [1.54, 1.807) is 19.1 Å². The number of carbonyl (C=O) groups is 2. The van der Waals surface area contributed by atoms with Gasteiger partial charge in [0.25, 0.3) is 0 Å². The molecule has 0 aliphatic carbocycles. The van der Waals surface area contributed by atoms with Gasteiger partial charge in [-0.1, -0.05) is 6.92 Å². The minimum atomic E-state index is -5.06. The van der Waals surface area contributed by atoms with Crippen molar-refractivity contribution in [3.05, 3.63) is 76.2 Å². The van der Waals surface area contributed by atoms with E-state index in [1.165, 1.54) is 18.2 Å². The number of carboxylic acid groups (broad SMARTS) is 1. The zero-order chi connectivity index (χ0) is 33.8. The number of hydrogen-bond acceptors (Lipinski definition) is 8. The van der Waals surface area contributed by atoms with E-state index in [0.29, 0.717) is 36.4 Å². The lowest BCUT2D eigenvalue weighted by Gasteiger charge is -2.39. The summed E-state index contributed by atoms with van der Waals surface area (Å²) in [5.41, 5.74) is -2.53. The molecule has 2 atom stereocenters. The molecule has 2 N–H and O–H groups in total. The Kier molecular flexibility index (Phi) is 10.1. The van der Waals surface area contributed by atoms with Gasteiger partial charge in [-0.05, 0) is 55.7 Å². The Hall–Kier alpha value is -4.89. The quantitative estimate of drug-likeness (QED) is 0.187. The van der Waals surface area contributed by atoms with Gasteiger partial charge >= 0.3 is 24.4 Å². The van der Waals surface area contributed by atoms with E-state index in [1.807, 2.05) is 6.92 Å². The number of pyridine rings is 1. The van der Waals surface area contributed by atoms with Crippen LogP contribution in [-0.2, 0) is 28.3 Å². The van der Waals surface area contributed by atoms with E-state index in [0.717, 1.165) is 12.2 Å². The summed E-state index contributed by atoms with van der Waals surface area (Å²) >= 11 is 0. The molecule has 0 unspecified atom stereocenters. The second-order valence-electron chi connectivity index (χ2n) is 10.2. The minimum Gasteiger partial charge on any atom is -0.481 e. The predicted octanol–water partition coefficient (Wildman–Crippen LogP) is 6.90. The molecule has 10 nitrogen and oxygen atoms in total. The average Bonchev–Trinajstić information content (AvgIpc) is 2.99. The van der Waals surface area contributed by atoms with E-state index >= 15 is 0 Å². The highest BCUT2D eigenvalue weighted by Crippen LogP contribution is 2.40. The summed E-state index contributed by atoms with van der Waals surface area (Å²) in [7, 11) is 1.41. The molecule has 0 spiro atoms. The van der Waals surface area contributed by atoms with Crippen molar-refractivity contribution in [2.45, 2.75) is 57.5 Å². The average molecular weight is 654 g/mol. The molecular weight excluding hydrogens is 624 g/mol. The summed E-state index contributed by atoms with van der Waals surface area (Å²) in [6.07, 6.45) is -7.37. The number of fused-ring (bicyclic) bond motifs is 1. The molecule has 0 radical (unpaired) electrons. The first kappa shape index (κ1) is 34.0. The molecule has 246 valence electrons. The van der Waals surface area contributed by atoms with E-state index < -0.39 is 48.0 Å². The third-order valence-electron chi connectivity index (χ3n) is 7.11. The molecule has 4 rings (SSSR count). The number of anilines is 2. The molecule has 16 heteroatoms. The SMILES string of the molecule is CCOC(=O)N1c2ccc(OC)nc2[C@@H](Nc2ncc(/C=C/C(=O)O)c(Cc3cc(C(F)(F)F)cc(C(F)(F)F)c3)n2)C[C@H]1CC. The molecule has 1 aliphatic heterocycles. The standard InChI is InChI=1S/C30H29F6N5O5/c1-4-20-14-22(26-23(7-8-24(40-26)45-3)41(20)28(44)46-5-2)39-27-37-15-17(6-9-25(42)43)21(38-27)12-16-10-18(29(31,32)33)13-19(11-16)30(34,35)36/h6-11,13,15,20,22H,4-5,12,14H2,1-3H3,(H,42,43)(H,37,38,39)/b9-6+/t20-,22+/m1/s1. The molecule has 1 aliphatic rings. The lowest BCUT2D eigenvalue weighted by Crippen LogP contribution is -2.46. The Labute approximate surface area is 259 Å². The van der Waals surface area contributed by atoms with Crippen LogP contribution in [0, 0.1) is 0 Å². The van der Waals surface area contributed by atoms with Crippen molar-refractivity contribution in [2.24, 2.45) is 0 Å². The number of aromatic nitrogens is 3. The molecule has 0 bridgehead atoms. The lowest BCUT2D eigenvalue weighted by molar-refractivity contribution is -0.143. The van der Waals surface area contributed by atoms with Crippen molar-refractivity contribution < 1.29 is 50.5 Å². The van der Waals surface area contributed by atoms with Crippen molar-refractivity contribution in [1.82, 2.24) is 15.0 Å². The Morgan fingerprint density at radius 2 is 1.74 bits per heavy atom. The zero-order valence-corrected chi connectivity index (χ0v) is 24.7. The maximum Gasteiger partial charge on any atom is 0.416 e. The van der Waals surface area contributed by atoms with Gasteiger partial charge in [-0.3, -0.25) is 4.90 Å². The number of carbonyl (C=O) groups excluding carboxylic acids is 1. The topological polar surface area (TPSA) is 127 Å². The number of alkyl halides is 6. The van der Waals surface area contributed by atoms with Crippen LogP contribution in [0.1, 0.15) is 66.4 Å². The number of benzene rings is 1. The van der Waals surface area contributed by atoms with E-state index in [4.69, 9.17) is 14.6 Å².